The maximum absolute atomic E-state index is 12.4. The Kier molecular flexibility index (Phi) is 8.15. The Balaban J connectivity index is 1.59. The number of rotatable bonds is 6. The predicted molar refractivity (Wildman–Crippen MR) is 132 cm³/mol. The minimum absolute atomic E-state index is 0.207. The van der Waals surface area contributed by atoms with Gasteiger partial charge >= 0.3 is 0 Å². The van der Waals surface area contributed by atoms with Crippen LogP contribution in [0.15, 0.2) is 51.4 Å². The van der Waals surface area contributed by atoms with Crippen molar-refractivity contribution < 1.29 is 14.3 Å². The van der Waals surface area contributed by atoms with Gasteiger partial charge in [-0.2, -0.15) is 0 Å². The molecule has 1 N–H and O–H groups in total. The Morgan fingerprint density at radius 2 is 1.77 bits per heavy atom. The lowest BCUT2D eigenvalue weighted by Gasteiger charge is -2.36. The number of nitrogens with one attached hydrogen (secondary N) is 1. The zero-order valence-electron chi connectivity index (χ0n) is 17.5. The molecule has 3 rings (SSSR count). The molecule has 31 heavy (non-hydrogen) atoms. The van der Waals surface area contributed by atoms with E-state index in [-0.39, 0.29) is 11.8 Å². The van der Waals surface area contributed by atoms with Gasteiger partial charge in [-0.3, -0.25) is 9.59 Å². The zero-order valence-corrected chi connectivity index (χ0v) is 20.7. The van der Waals surface area contributed by atoms with E-state index < -0.39 is 0 Å². The number of carbonyl (C=O) groups excluding carboxylic acids is 2. The Labute approximate surface area is 199 Å². The molecular formula is C23H25Br2N3O3. The summed E-state index contributed by atoms with van der Waals surface area (Å²) in [5, 5.41) is 2.88. The van der Waals surface area contributed by atoms with Crippen LogP contribution in [0.2, 0.25) is 0 Å². The number of hydrogen-bond acceptors (Lipinski definition) is 4. The average Bonchev–Trinajstić information content (AvgIpc) is 2.77. The van der Waals surface area contributed by atoms with Gasteiger partial charge in [-0.05, 0) is 58.4 Å². The van der Waals surface area contributed by atoms with Crippen molar-refractivity contribution in [3.8, 4) is 5.75 Å². The lowest BCUT2D eigenvalue weighted by Crippen LogP contribution is -2.48. The number of ether oxygens (including phenoxy) is 1. The van der Waals surface area contributed by atoms with E-state index >= 15 is 0 Å². The van der Waals surface area contributed by atoms with E-state index in [4.69, 9.17) is 4.74 Å². The van der Waals surface area contributed by atoms with Crippen LogP contribution in [-0.2, 0) is 9.59 Å². The number of piperazine rings is 1. The van der Waals surface area contributed by atoms with Crippen LogP contribution >= 0.6 is 31.9 Å². The van der Waals surface area contributed by atoms with Gasteiger partial charge in [0.2, 0.25) is 11.8 Å². The maximum atomic E-state index is 12.4. The summed E-state index contributed by atoms with van der Waals surface area (Å²) in [6.07, 6.45) is 3.75. The molecule has 6 nitrogen and oxygen atoms in total. The van der Waals surface area contributed by atoms with Crippen molar-refractivity contribution in [2.45, 2.75) is 13.3 Å². The summed E-state index contributed by atoms with van der Waals surface area (Å²) in [4.78, 5) is 28.3. The van der Waals surface area contributed by atoms with Crippen LogP contribution in [0.5, 0.6) is 5.75 Å². The van der Waals surface area contributed by atoms with Crippen LogP contribution in [0.4, 0.5) is 11.4 Å². The first kappa shape index (κ1) is 23.3. The second kappa shape index (κ2) is 10.8. The topological polar surface area (TPSA) is 61.9 Å². The summed E-state index contributed by atoms with van der Waals surface area (Å²) in [5.41, 5.74) is 2.59. The van der Waals surface area contributed by atoms with Crippen molar-refractivity contribution in [1.82, 2.24) is 4.90 Å². The summed E-state index contributed by atoms with van der Waals surface area (Å²) in [5.74, 6) is 0.647. The van der Waals surface area contributed by atoms with Crippen LogP contribution in [0.25, 0.3) is 6.08 Å². The fourth-order valence-electron chi connectivity index (χ4n) is 3.46. The highest BCUT2D eigenvalue weighted by molar-refractivity contribution is 9.11. The first-order chi connectivity index (χ1) is 14.9. The number of carbonyl (C=O) groups is 2. The Hall–Kier alpha value is -2.32. The van der Waals surface area contributed by atoms with E-state index in [0.29, 0.717) is 12.2 Å². The maximum Gasteiger partial charge on any atom is 0.248 e. The second-order valence-corrected chi connectivity index (χ2v) is 8.87. The highest BCUT2D eigenvalue weighted by Gasteiger charge is 2.20. The summed E-state index contributed by atoms with van der Waals surface area (Å²) >= 11 is 6.91. The monoisotopic (exact) mass is 549 g/mol. The summed E-state index contributed by atoms with van der Waals surface area (Å²) < 4.78 is 7.09. The number of anilines is 2. The van der Waals surface area contributed by atoms with E-state index in [1.807, 2.05) is 48.2 Å². The second-order valence-electron chi connectivity index (χ2n) is 7.10. The summed E-state index contributed by atoms with van der Waals surface area (Å²) in [6, 6.07) is 11.5. The largest absolute Gasteiger partial charge is 0.495 e. The van der Waals surface area contributed by atoms with Crippen molar-refractivity contribution >= 4 is 61.1 Å². The molecule has 1 fully saturated rings. The molecule has 0 unspecified atom stereocenters. The molecule has 0 bridgehead atoms. The molecule has 2 aromatic rings. The molecule has 0 saturated carbocycles. The van der Waals surface area contributed by atoms with Crippen molar-refractivity contribution in [2.24, 2.45) is 0 Å². The molecule has 1 saturated heterocycles. The molecule has 1 aliphatic rings. The Morgan fingerprint density at radius 3 is 2.39 bits per heavy atom. The van der Waals surface area contributed by atoms with Crippen molar-refractivity contribution in [1.29, 1.82) is 0 Å². The summed E-state index contributed by atoms with van der Waals surface area (Å²) in [7, 11) is 1.59. The predicted octanol–water partition coefficient (Wildman–Crippen LogP) is 4.93. The molecule has 0 atom stereocenters. The van der Waals surface area contributed by atoms with Gasteiger partial charge in [0.15, 0.2) is 0 Å². The average molecular weight is 551 g/mol. The van der Waals surface area contributed by atoms with E-state index in [1.165, 1.54) is 6.08 Å². The van der Waals surface area contributed by atoms with Crippen molar-refractivity contribution in [2.75, 3.05) is 43.5 Å². The third kappa shape index (κ3) is 6.11. The van der Waals surface area contributed by atoms with Gasteiger partial charge in [-0.15, -0.1) is 0 Å². The van der Waals surface area contributed by atoms with Crippen LogP contribution in [-0.4, -0.2) is 50.0 Å². The molecule has 1 heterocycles. The van der Waals surface area contributed by atoms with Crippen LogP contribution in [0.3, 0.4) is 0 Å². The van der Waals surface area contributed by atoms with Crippen LogP contribution < -0.4 is 15.0 Å². The smallest absolute Gasteiger partial charge is 0.248 e. The van der Waals surface area contributed by atoms with Crippen molar-refractivity contribution in [3.63, 3.8) is 0 Å². The van der Waals surface area contributed by atoms with Gasteiger partial charge in [0.1, 0.15) is 5.75 Å². The number of nitrogens with zero attached hydrogens (tertiary/aromatic N) is 2. The molecule has 1 aliphatic heterocycles. The van der Waals surface area contributed by atoms with Gasteiger partial charge < -0.3 is 19.9 Å². The van der Waals surface area contributed by atoms with E-state index in [1.54, 1.807) is 13.2 Å². The summed E-state index contributed by atoms with van der Waals surface area (Å²) in [6.45, 7) is 5.00. The normalized spacial score (nSPS) is 14.1. The molecule has 2 amide bonds. The molecule has 164 valence electrons. The molecule has 0 spiro atoms. The van der Waals surface area contributed by atoms with Crippen LogP contribution in [0, 0.1) is 0 Å². The lowest BCUT2D eigenvalue weighted by molar-refractivity contribution is -0.131. The van der Waals surface area contributed by atoms with Crippen LogP contribution in [0.1, 0.15) is 18.9 Å². The lowest BCUT2D eigenvalue weighted by atomic mass is 10.2. The zero-order chi connectivity index (χ0) is 22.4. The van der Waals surface area contributed by atoms with Gasteiger partial charge in [-0.25, -0.2) is 0 Å². The van der Waals surface area contributed by atoms with Gasteiger partial charge in [0, 0.05) is 60.1 Å². The molecule has 0 aromatic heterocycles. The van der Waals surface area contributed by atoms with Gasteiger partial charge in [0.05, 0.1) is 11.6 Å². The fraction of sp³-hybridized carbons (Fsp3) is 0.304. The highest BCUT2D eigenvalue weighted by atomic mass is 79.9. The number of halogens is 2. The highest BCUT2D eigenvalue weighted by Crippen LogP contribution is 2.33. The minimum atomic E-state index is -0.224. The van der Waals surface area contributed by atoms with Crippen molar-refractivity contribution in [3.05, 3.63) is 57.0 Å². The Morgan fingerprint density at radius 1 is 1.10 bits per heavy atom. The van der Waals surface area contributed by atoms with Gasteiger partial charge in [-0.1, -0.05) is 22.9 Å². The molecule has 0 radical (unpaired) electrons. The number of methoxy groups -OCH3 is 1. The molecule has 2 aromatic carbocycles. The number of amides is 2. The quantitative estimate of drug-likeness (QED) is 0.518. The first-order valence-electron chi connectivity index (χ1n) is 10.1. The first-order valence-corrected chi connectivity index (χ1v) is 11.6. The molecule has 8 heteroatoms. The standard InChI is InChI=1S/C23H25Br2N3O3/c1-3-22(30)28-12-10-27(11-13-28)19-7-5-18(6-8-19)26-21(29)9-4-16-14-17(24)15-20(25)23(16)31-2/h4-9,14-15H,3,10-13H2,1-2H3,(H,26,29)/b9-4+. The van der Waals surface area contributed by atoms with E-state index in [0.717, 1.165) is 52.1 Å². The number of hydrogen-bond donors (Lipinski definition) is 1. The van der Waals surface area contributed by atoms with E-state index in [9.17, 15) is 9.59 Å². The SMILES string of the molecule is CCC(=O)N1CCN(c2ccc(NC(=O)/C=C/c3cc(Br)cc(Br)c3OC)cc2)CC1. The third-order valence-electron chi connectivity index (χ3n) is 5.09. The third-order valence-corrected chi connectivity index (χ3v) is 6.14. The Bertz CT molecular complexity index is 969. The molecule has 0 aliphatic carbocycles. The van der Waals surface area contributed by atoms with E-state index in [2.05, 4.69) is 42.1 Å². The minimum Gasteiger partial charge on any atom is -0.495 e. The number of benzene rings is 2. The molecular weight excluding hydrogens is 526 g/mol. The van der Waals surface area contributed by atoms with Gasteiger partial charge in [0.25, 0.3) is 0 Å². The fourth-order valence-corrected chi connectivity index (χ4v) is 4.88.